The number of hydrogen-bond acceptors (Lipinski definition) is 3. The normalized spacial score (nSPS) is 23.1. The molecule has 1 aromatic rings. The summed E-state index contributed by atoms with van der Waals surface area (Å²) >= 11 is 0. The largest absolute Gasteiger partial charge is 0.356 e. The topological polar surface area (TPSA) is 28.2 Å². The zero-order chi connectivity index (χ0) is 14.5. The first-order valence-electron chi connectivity index (χ1n) is 8.09. The predicted molar refractivity (Wildman–Crippen MR) is 86.2 cm³/mol. The molecule has 3 heteroatoms. The Hall–Kier alpha value is -1.09. The third-order valence-electron chi connectivity index (χ3n) is 4.52. The average Bonchev–Trinajstić information content (AvgIpc) is 2.47. The van der Waals surface area contributed by atoms with E-state index in [1.165, 1.54) is 23.5 Å². The molecule has 1 aliphatic heterocycles. The van der Waals surface area contributed by atoms with E-state index in [0.29, 0.717) is 0 Å². The Morgan fingerprint density at radius 3 is 2.70 bits per heavy atom. The second-order valence-electron chi connectivity index (χ2n) is 6.15. The minimum Gasteiger partial charge on any atom is -0.356 e. The van der Waals surface area contributed by atoms with Gasteiger partial charge in [0.1, 0.15) is 5.82 Å². The molecule has 2 rings (SSSR count). The van der Waals surface area contributed by atoms with Gasteiger partial charge in [-0.15, -0.1) is 0 Å². The second-order valence-corrected chi connectivity index (χ2v) is 6.15. The average molecular weight is 275 g/mol. The number of aryl methyl sites for hydroxylation is 1. The van der Waals surface area contributed by atoms with Crippen molar-refractivity contribution in [2.24, 2.45) is 11.8 Å². The third-order valence-corrected chi connectivity index (χ3v) is 4.52. The Morgan fingerprint density at radius 2 is 2.05 bits per heavy atom. The highest BCUT2D eigenvalue weighted by Gasteiger charge is 2.23. The summed E-state index contributed by atoms with van der Waals surface area (Å²) in [7, 11) is 0. The number of aromatic nitrogens is 1. The van der Waals surface area contributed by atoms with Gasteiger partial charge in [-0.3, -0.25) is 0 Å². The fourth-order valence-corrected chi connectivity index (χ4v) is 2.82. The summed E-state index contributed by atoms with van der Waals surface area (Å²) in [5.41, 5.74) is 2.57. The number of piperidine rings is 1. The van der Waals surface area contributed by atoms with Crippen molar-refractivity contribution in [3.63, 3.8) is 0 Å². The molecule has 1 aliphatic rings. The molecule has 112 valence electrons. The summed E-state index contributed by atoms with van der Waals surface area (Å²) < 4.78 is 0. The van der Waals surface area contributed by atoms with Crippen LogP contribution in [0.5, 0.6) is 0 Å². The van der Waals surface area contributed by atoms with Crippen LogP contribution in [-0.2, 0) is 13.0 Å². The Balaban J connectivity index is 2.17. The molecule has 0 amide bonds. The van der Waals surface area contributed by atoms with Crippen molar-refractivity contribution in [2.45, 2.75) is 47.1 Å². The van der Waals surface area contributed by atoms with Crippen LogP contribution in [0, 0.1) is 11.8 Å². The smallest absolute Gasteiger partial charge is 0.129 e. The highest BCUT2D eigenvalue weighted by atomic mass is 15.2. The summed E-state index contributed by atoms with van der Waals surface area (Å²) in [6.45, 7) is 13.3. The lowest BCUT2D eigenvalue weighted by atomic mass is 9.88. The standard InChI is InChI=1S/C17H29N3/c1-5-16-9-15(11-18-6-2)10-17(19-16)20-8-7-13(3)14(4)12-20/h9-10,13-14,18H,5-8,11-12H2,1-4H3. The van der Waals surface area contributed by atoms with Gasteiger partial charge in [0.05, 0.1) is 0 Å². The molecule has 1 aromatic heterocycles. The first-order valence-corrected chi connectivity index (χ1v) is 8.09. The van der Waals surface area contributed by atoms with Crippen molar-refractivity contribution < 1.29 is 0 Å². The predicted octanol–water partition coefficient (Wildman–Crippen LogP) is 3.24. The summed E-state index contributed by atoms with van der Waals surface area (Å²) in [4.78, 5) is 7.31. The van der Waals surface area contributed by atoms with Crippen LogP contribution >= 0.6 is 0 Å². The third kappa shape index (κ3) is 3.72. The molecule has 0 aliphatic carbocycles. The fourth-order valence-electron chi connectivity index (χ4n) is 2.82. The maximum atomic E-state index is 4.84. The molecule has 3 nitrogen and oxygen atoms in total. The zero-order valence-electron chi connectivity index (χ0n) is 13.4. The van der Waals surface area contributed by atoms with E-state index in [1.807, 2.05) is 0 Å². The minimum absolute atomic E-state index is 0.757. The molecule has 0 radical (unpaired) electrons. The van der Waals surface area contributed by atoms with Gasteiger partial charge in [-0.05, 0) is 48.9 Å². The van der Waals surface area contributed by atoms with E-state index in [4.69, 9.17) is 4.98 Å². The Bertz CT molecular complexity index is 430. The van der Waals surface area contributed by atoms with Gasteiger partial charge in [0.2, 0.25) is 0 Å². The molecule has 0 aromatic carbocycles. The number of rotatable bonds is 5. The first kappa shape index (κ1) is 15.3. The molecule has 0 bridgehead atoms. The van der Waals surface area contributed by atoms with Crippen LogP contribution in [0.2, 0.25) is 0 Å². The Kier molecular flexibility index (Phi) is 5.41. The van der Waals surface area contributed by atoms with Crippen molar-refractivity contribution in [3.05, 3.63) is 23.4 Å². The molecule has 1 saturated heterocycles. The number of nitrogens with one attached hydrogen (secondary N) is 1. The molecule has 2 unspecified atom stereocenters. The lowest BCUT2D eigenvalue weighted by molar-refractivity contribution is 0.322. The minimum atomic E-state index is 0.757. The molecule has 1 N–H and O–H groups in total. The number of nitrogens with zero attached hydrogens (tertiary/aromatic N) is 2. The van der Waals surface area contributed by atoms with Gasteiger partial charge in [0.25, 0.3) is 0 Å². The van der Waals surface area contributed by atoms with Crippen LogP contribution < -0.4 is 10.2 Å². The van der Waals surface area contributed by atoms with Gasteiger partial charge in [-0.25, -0.2) is 4.98 Å². The molecular formula is C17H29N3. The van der Waals surface area contributed by atoms with E-state index in [0.717, 1.165) is 44.4 Å². The molecule has 0 saturated carbocycles. The van der Waals surface area contributed by atoms with Gasteiger partial charge in [0, 0.05) is 25.3 Å². The zero-order valence-corrected chi connectivity index (χ0v) is 13.4. The number of anilines is 1. The maximum Gasteiger partial charge on any atom is 0.129 e. The van der Waals surface area contributed by atoms with Crippen molar-refractivity contribution >= 4 is 5.82 Å². The van der Waals surface area contributed by atoms with Gasteiger partial charge in [-0.1, -0.05) is 27.7 Å². The van der Waals surface area contributed by atoms with E-state index in [-0.39, 0.29) is 0 Å². The van der Waals surface area contributed by atoms with Gasteiger partial charge in [-0.2, -0.15) is 0 Å². The van der Waals surface area contributed by atoms with Crippen LogP contribution in [0.25, 0.3) is 0 Å². The van der Waals surface area contributed by atoms with E-state index < -0.39 is 0 Å². The number of hydrogen-bond donors (Lipinski definition) is 1. The molecule has 2 heterocycles. The maximum absolute atomic E-state index is 4.84. The van der Waals surface area contributed by atoms with Gasteiger partial charge >= 0.3 is 0 Å². The molecule has 1 fully saturated rings. The summed E-state index contributed by atoms with van der Waals surface area (Å²) in [5.74, 6) is 2.77. The molecule has 0 spiro atoms. The van der Waals surface area contributed by atoms with E-state index in [2.05, 4.69) is 50.0 Å². The molecular weight excluding hydrogens is 246 g/mol. The lowest BCUT2D eigenvalue weighted by Crippen LogP contribution is -2.39. The van der Waals surface area contributed by atoms with Crippen LogP contribution in [0.1, 0.15) is 45.4 Å². The molecule has 2 atom stereocenters. The SMILES string of the molecule is CCNCc1cc(CC)nc(N2CCC(C)C(C)C2)c1. The summed E-state index contributed by atoms with van der Waals surface area (Å²) in [6, 6.07) is 4.51. The van der Waals surface area contributed by atoms with Crippen molar-refractivity contribution in [2.75, 3.05) is 24.5 Å². The first-order chi connectivity index (χ1) is 9.63. The monoisotopic (exact) mass is 275 g/mol. The van der Waals surface area contributed by atoms with E-state index >= 15 is 0 Å². The fraction of sp³-hybridized carbons (Fsp3) is 0.706. The van der Waals surface area contributed by atoms with Crippen LogP contribution in [0.15, 0.2) is 12.1 Å². The Labute approximate surface area is 123 Å². The number of pyridine rings is 1. The summed E-state index contributed by atoms with van der Waals surface area (Å²) in [5, 5.41) is 3.42. The second kappa shape index (κ2) is 7.07. The Morgan fingerprint density at radius 1 is 1.25 bits per heavy atom. The van der Waals surface area contributed by atoms with Crippen LogP contribution in [0.3, 0.4) is 0 Å². The van der Waals surface area contributed by atoms with Crippen molar-refractivity contribution in [3.8, 4) is 0 Å². The quantitative estimate of drug-likeness (QED) is 0.894. The van der Waals surface area contributed by atoms with Crippen molar-refractivity contribution in [1.29, 1.82) is 0 Å². The van der Waals surface area contributed by atoms with Gasteiger partial charge < -0.3 is 10.2 Å². The van der Waals surface area contributed by atoms with Crippen LogP contribution in [-0.4, -0.2) is 24.6 Å². The van der Waals surface area contributed by atoms with Crippen molar-refractivity contribution in [1.82, 2.24) is 10.3 Å². The lowest BCUT2D eigenvalue weighted by Gasteiger charge is -2.36. The molecule has 20 heavy (non-hydrogen) atoms. The van der Waals surface area contributed by atoms with E-state index in [9.17, 15) is 0 Å². The van der Waals surface area contributed by atoms with Crippen LogP contribution in [0.4, 0.5) is 5.82 Å². The van der Waals surface area contributed by atoms with Gasteiger partial charge in [0.15, 0.2) is 0 Å². The van der Waals surface area contributed by atoms with E-state index in [1.54, 1.807) is 0 Å². The highest BCUT2D eigenvalue weighted by Crippen LogP contribution is 2.26. The summed E-state index contributed by atoms with van der Waals surface area (Å²) in [6.07, 6.45) is 2.29. The highest BCUT2D eigenvalue weighted by molar-refractivity contribution is 5.43.